The number of carbonyl (C=O) groups is 1. The highest BCUT2D eigenvalue weighted by Gasteiger charge is 2.27. The van der Waals surface area contributed by atoms with E-state index >= 15 is 0 Å². The second kappa shape index (κ2) is 6.55. The SMILES string of the molecule is COC1CCC(C(=O)OCc2ccccc2)CC1. The summed E-state index contributed by atoms with van der Waals surface area (Å²) in [6.07, 6.45) is 4.00. The summed E-state index contributed by atoms with van der Waals surface area (Å²) in [5.41, 5.74) is 1.04. The predicted octanol–water partition coefficient (Wildman–Crippen LogP) is 2.94. The standard InChI is InChI=1S/C15H20O3/c1-17-14-9-7-13(8-10-14)15(16)18-11-12-5-3-2-4-6-12/h2-6,13-14H,7-11H2,1H3. The Morgan fingerprint density at radius 1 is 1.17 bits per heavy atom. The van der Waals surface area contributed by atoms with Gasteiger partial charge in [-0.05, 0) is 31.2 Å². The minimum atomic E-state index is -0.0617. The van der Waals surface area contributed by atoms with Crippen LogP contribution in [0.15, 0.2) is 30.3 Å². The number of methoxy groups -OCH3 is 1. The lowest BCUT2D eigenvalue weighted by atomic mass is 9.87. The van der Waals surface area contributed by atoms with Crippen molar-refractivity contribution >= 4 is 5.97 Å². The third-order valence-corrected chi connectivity index (χ3v) is 3.56. The minimum absolute atomic E-state index is 0.0557. The number of ether oxygens (including phenoxy) is 2. The quantitative estimate of drug-likeness (QED) is 0.768. The van der Waals surface area contributed by atoms with Crippen LogP contribution in [0.4, 0.5) is 0 Å². The molecule has 0 aromatic heterocycles. The second-order valence-electron chi connectivity index (χ2n) is 4.80. The molecule has 0 atom stereocenters. The molecule has 0 aliphatic heterocycles. The zero-order valence-corrected chi connectivity index (χ0v) is 10.8. The van der Waals surface area contributed by atoms with Crippen molar-refractivity contribution in [2.75, 3.05) is 7.11 Å². The third-order valence-electron chi connectivity index (χ3n) is 3.56. The molecule has 1 aliphatic rings. The lowest BCUT2D eigenvalue weighted by Crippen LogP contribution is -2.26. The van der Waals surface area contributed by atoms with Gasteiger partial charge in [0.05, 0.1) is 12.0 Å². The van der Waals surface area contributed by atoms with E-state index in [1.165, 1.54) is 0 Å². The molecule has 2 rings (SSSR count). The first kappa shape index (κ1) is 13.1. The van der Waals surface area contributed by atoms with Crippen LogP contribution in [0.1, 0.15) is 31.2 Å². The fourth-order valence-corrected chi connectivity index (χ4v) is 2.38. The summed E-state index contributed by atoms with van der Waals surface area (Å²) in [4.78, 5) is 11.9. The van der Waals surface area contributed by atoms with Crippen LogP contribution < -0.4 is 0 Å². The number of rotatable bonds is 4. The molecule has 98 valence electrons. The Kier molecular flexibility index (Phi) is 4.76. The van der Waals surface area contributed by atoms with E-state index in [2.05, 4.69) is 0 Å². The summed E-state index contributed by atoms with van der Waals surface area (Å²) in [6.45, 7) is 0.379. The van der Waals surface area contributed by atoms with E-state index in [4.69, 9.17) is 9.47 Å². The fraction of sp³-hybridized carbons (Fsp3) is 0.533. The molecular weight excluding hydrogens is 228 g/mol. The summed E-state index contributed by atoms with van der Waals surface area (Å²) in [5, 5.41) is 0. The monoisotopic (exact) mass is 248 g/mol. The van der Waals surface area contributed by atoms with Gasteiger partial charge >= 0.3 is 5.97 Å². The van der Waals surface area contributed by atoms with E-state index < -0.39 is 0 Å². The van der Waals surface area contributed by atoms with E-state index in [1.807, 2.05) is 30.3 Å². The van der Waals surface area contributed by atoms with Crippen LogP contribution in [0.25, 0.3) is 0 Å². The van der Waals surface area contributed by atoms with Crippen LogP contribution in [0.2, 0.25) is 0 Å². The molecule has 0 amide bonds. The molecule has 0 heterocycles. The van der Waals surface area contributed by atoms with Crippen LogP contribution in [-0.4, -0.2) is 19.2 Å². The molecule has 1 aliphatic carbocycles. The summed E-state index contributed by atoms with van der Waals surface area (Å²) < 4.78 is 10.7. The average Bonchev–Trinajstić information content (AvgIpc) is 2.46. The van der Waals surface area contributed by atoms with Gasteiger partial charge in [0.15, 0.2) is 0 Å². The second-order valence-corrected chi connectivity index (χ2v) is 4.80. The zero-order chi connectivity index (χ0) is 12.8. The molecule has 0 spiro atoms. The average molecular weight is 248 g/mol. The Morgan fingerprint density at radius 2 is 1.83 bits per heavy atom. The van der Waals surface area contributed by atoms with Gasteiger partial charge in [0.25, 0.3) is 0 Å². The number of benzene rings is 1. The van der Waals surface area contributed by atoms with Crippen LogP contribution >= 0.6 is 0 Å². The van der Waals surface area contributed by atoms with E-state index in [0.717, 1.165) is 31.2 Å². The van der Waals surface area contributed by atoms with Crippen molar-refractivity contribution in [2.24, 2.45) is 5.92 Å². The Morgan fingerprint density at radius 3 is 2.44 bits per heavy atom. The molecule has 3 heteroatoms. The van der Waals surface area contributed by atoms with Crippen LogP contribution in [0.3, 0.4) is 0 Å². The summed E-state index contributed by atoms with van der Waals surface area (Å²) in [7, 11) is 1.73. The normalized spacial score (nSPS) is 23.6. The highest BCUT2D eigenvalue weighted by molar-refractivity contribution is 5.72. The minimum Gasteiger partial charge on any atom is -0.461 e. The summed E-state index contributed by atoms with van der Waals surface area (Å²) in [6, 6.07) is 9.79. The van der Waals surface area contributed by atoms with Crippen molar-refractivity contribution in [1.29, 1.82) is 0 Å². The molecule has 1 aromatic carbocycles. The van der Waals surface area contributed by atoms with Gasteiger partial charge in [-0.25, -0.2) is 0 Å². The van der Waals surface area contributed by atoms with Gasteiger partial charge in [-0.3, -0.25) is 4.79 Å². The number of hydrogen-bond donors (Lipinski definition) is 0. The Balaban J connectivity index is 1.75. The van der Waals surface area contributed by atoms with Crippen molar-refractivity contribution in [2.45, 2.75) is 38.4 Å². The fourth-order valence-electron chi connectivity index (χ4n) is 2.38. The van der Waals surface area contributed by atoms with Gasteiger partial charge in [0, 0.05) is 7.11 Å². The lowest BCUT2D eigenvalue weighted by molar-refractivity contribution is -0.151. The van der Waals surface area contributed by atoms with E-state index in [1.54, 1.807) is 7.11 Å². The first-order valence-corrected chi connectivity index (χ1v) is 6.53. The Hall–Kier alpha value is -1.35. The molecular formula is C15H20O3. The van der Waals surface area contributed by atoms with Gasteiger partial charge in [-0.1, -0.05) is 30.3 Å². The van der Waals surface area contributed by atoms with Gasteiger partial charge in [0.1, 0.15) is 6.61 Å². The molecule has 18 heavy (non-hydrogen) atoms. The van der Waals surface area contributed by atoms with Crippen molar-refractivity contribution < 1.29 is 14.3 Å². The molecule has 3 nitrogen and oxygen atoms in total. The topological polar surface area (TPSA) is 35.5 Å². The zero-order valence-electron chi connectivity index (χ0n) is 10.8. The number of carbonyl (C=O) groups excluding carboxylic acids is 1. The number of hydrogen-bond acceptors (Lipinski definition) is 3. The first-order chi connectivity index (χ1) is 8.79. The maximum Gasteiger partial charge on any atom is 0.309 e. The largest absolute Gasteiger partial charge is 0.461 e. The van der Waals surface area contributed by atoms with Gasteiger partial charge in [0.2, 0.25) is 0 Å². The van der Waals surface area contributed by atoms with E-state index in [0.29, 0.717) is 12.7 Å². The highest BCUT2D eigenvalue weighted by Crippen LogP contribution is 2.27. The smallest absolute Gasteiger partial charge is 0.309 e. The molecule has 1 aromatic rings. The number of esters is 1. The maximum absolute atomic E-state index is 11.9. The van der Waals surface area contributed by atoms with E-state index in [-0.39, 0.29) is 11.9 Å². The Labute approximate surface area is 108 Å². The van der Waals surface area contributed by atoms with Gasteiger partial charge < -0.3 is 9.47 Å². The molecule has 0 saturated heterocycles. The Bertz CT molecular complexity index is 367. The van der Waals surface area contributed by atoms with Crippen molar-refractivity contribution in [3.8, 4) is 0 Å². The third kappa shape index (κ3) is 3.57. The molecule has 0 N–H and O–H groups in total. The van der Waals surface area contributed by atoms with Crippen LogP contribution in [0, 0.1) is 5.92 Å². The van der Waals surface area contributed by atoms with Gasteiger partial charge in [-0.15, -0.1) is 0 Å². The first-order valence-electron chi connectivity index (χ1n) is 6.53. The summed E-state index contributed by atoms with van der Waals surface area (Å²) in [5.74, 6) is -0.00600. The maximum atomic E-state index is 11.9. The van der Waals surface area contributed by atoms with Crippen LogP contribution in [0.5, 0.6) is 0 Å². The van der Waals surface area contributed by atoms with E-state index in [9.17, 15) is 4.79 Å². The highest BCUT2D eigenvalue weighted by atomic mass is 16.5. The van der Waals surface area contributed by atoms with Gasteiger partial charge in [-0.2, -0.15) is 0 Å². The van der Waals surface area contributed by atoms with Crippen molar-refractivity contribution in [1.82, 2.24) is 0 Å². The van der Waals surface area contributed by atoms with Crippen molar-refractivity contribution in [3.05, 3.63) is 35.9 Å². The molecule has 1 saturated carbocycles. The molecule has 0 radical (unpaired) electrons. The predicted molar refractivity (Wildman–Crippen MR) is 69.0 cm³/mol. The molecule has 1 fully saturated rings. The van der Waals surface area contributed by atoms with Crippen molar-refractivity contribution in [3.63, 3.8) is 0 Å². The van der Waals surface area contributed by atoms with Crippen LogP contribution in [-0.2, 0) is 20.9 Å². The lowest BCUT2D eigenvalue weighted by Gasteiger charge is -2.26. The molecule has 0 bridgehead atoms. The molecule has 0 unspecified atom stereocenters. The summed E-state index contributed by atoms with van der Waals surface area (Å²) >= 11 is 0.